The van der Waals surface area contributed by atoms with Crippen LogP contribution in [0.1, 0.15) is 28.1 Å². The maximum absolute atomic E-state index is 12.1. The third-order valence-corrected chi connectivity index (χ3v) is 7.09. The van der Waals surface area contributed by atoms with E-state index in [1.165, 1.54) is 17.3 Å². The predicted octanol–water partition coefficient (Wildman–Crippen LogP) is 6.20. The molecule has 0 bridgehead atoms. The lowest BCUT2D eigenvalue weighted by molar-refractivity contribution is -0.118. The number of halogens is 2. The quantitative estimate of drug-likeness (QED) is 0.307. The van der Waals surface area contributed by atoms with Crippen molar-refractivity contribution in [3.8, 4) is 5.69 Å². The molecule has 7 heteroatoms. The molecule has 0 spiro atoms. The SMILES string of the molecule is Cc1ccc(-n2c(C)c(Br)c(/C=N\NC(=O)CSCc3ccccc3Cl)c2C)cc1. The Hall–Kier alpha value is -2.02. The summed E-state index contributed by atoms with van der Waals surface area (Å²) in [6, 6.07) is 16.0. The van der Waals surface area contributed by atoms with Gasteiger partial charge in [0.15, 0.2) is 0 Å². The van der Waals surface area contributed by atoms with E-state index in [9.17, 15) is 4.79 Å². The zero-order chi connectivity index (χ0) is 21.7. The van der Waals surface area contributed by atoms with Crippen LogP contribution in [0, 0.1) is 20.8 Å². The first-order valence-electron chi connectivity index (χ1n) is 9.46. The van der Waals surface area contributed by atoms with Crippen molar-refractivity contribution in [2.75, 3.05) is 5.75 Å². The number of aromatic nitrogens is 1. The molecule has 1 N–H and O–H groups in total. The third-order valence-electron chi connectivity index (χ3n) is 4.74. The second-order valence-corrected chi connectivity index (χ2v) is 9.13. The fraction of sp³-hybridized carbons (Fsp3) is 0.217. The van der Waals surface area contributed by atoms with Crippen LogP contribution in [-0.4, -0.2) is 22.4 Å². The minimum atomic E-state index is -0.147. The molecule has 1 aromatic heterocycles. The van der Waals surface area contributed by atoms with E-state index < -0.39 is 0 Å². The summed E-state index contributed by atoms with van der Waals surface area (Å²) in [5, 5.41) is 4.88. The Morgan fingerprint density at radius 3 is 2.53 bits per heavy atom. The van der Waals surface area contributed by atoms with Gasteiger partial charge in [0.1, 0.15) is 0 Å². The predicted molar refractivity (Wildman–Crippen MR) is 131 cm³/mol. The van der Waals surface area contributed by atoms with Gasteiger partial charge in [-0.05, 0) is 60.5 Å². The van der Waals surface area contributed by atoms with Gasteiger partial charge in [0.2, 0.25) is 5.91 Å². The lowest BCUT2D eigenvalue weighted by atomic mass is 10.2. The van der Waals surface area contributed by atoms with E-state index in [2.05, 4.69) is 69.1 Å². The highest BCUT2D eigenvalue weighted by Gasteiger charge is 2.15. The van der Waals surface area contributed by atoms with Gasteiger partial charge in [-0.15, -0.1) is 11.8 Å². The highest BCUT2D eigenvalue weighted by Crippen LogP contribution is 2.29. The van der Waals surface area contributed by atoms with Crippen LogP contribution in [0.3, 0.4) is 0 Å². The summed E-state index contributed by atoms with van der Waals surface area (Å²) in [7, 11) is 0. The summed E-state index contributed by atoms with van der Waals surface area (Å²) >= 11 is 11.3. The number of rotatable bonds is 7. The lowest BCUT2D eigenvalue weighted by Crippen LogP contribution is -2.19. The molecular weight excluding hydrogens is 482 g/mol. The fourth-order valence-corrected chi connectivity index (χ4v) is 4.80. The third kappa shape index (κ3) is 5.36. The van der Waals surface area contributed by atoms with Crippen molar-refractivity contribution >= 4 is 51.4 Å². The molecule has 2 aromatic carbocycles. The molecule has 1 amide bonds. The Bertz CT molecular complexity index is 1080. The van der Waals surface area contributed by atoms with E-state index in [0.29, 0.717) is 11.5 Å². The largest absolute Gasteiger partial charge is 0.317 e. The number of benzene rings is 2. The molecule has 3 rings (SSSR count). The summed E-state index contributed by atoms with van der Waals surface area (Å²) in [6.45, 7) is 6.17. The van der Waals surface area contributed by atoms with Gasteiger partial charge in [-0.3, -0.25) is 4.79 Å². The average Bonchev–Trinajstić information content (AvgIpc) is 2.93. The maximum atomic E-state index is 12.1. The Balaban J connectivity index is 1.62. The van der Waals surface area contributed by atoms with Crippen LogP contribution in [0.2, 0.25) is 5.02 Å². The lowest BCUT2D eigenvalue weighted by Gasteiger charge is -2.09. The topological polar surface area (TPSA) is 46.4 Å². The van der Waals surface area contributed by atoms with Gasteiger partial charge in [-0.1, -0.05) is 47.5 Å². The van der Waals surface area contributed by atoms with Crippen molar-refractivity contribution in [2.24, 2.45) is 5.10 Å². The zero-order valence-corrected chi connectivity index (χ0v) is 20.2. The zero-order valence-electron chi connectivity index (χ0n) is 17.1. The molecule has 0 fully saturated rings. The number of nitrogens with zero attached hydrogens (tertiary/aromatic N) is 2. The van der Waals surface area contributed by atoms with Crippen molar-refractivity contribution in [1.82, 2.24) is 9.99 Å². The Kier molecular flexibility index (Phi) is 7.81. The van der Waals surface area contributed by atoms with E-state index >= 15 is 0 Å². The molecule has 0 aliphatic carbocycles. The van der Waals surface area contributed by atoms with Crippen LogP contribution in [0.25, 0.3) is 5.69 Å². The standard InChI is InChI=1S/C23H23BrClN3OS/c1-15-8-10-19(11-9-15)28-16(2)20(23(24)17(28)3)12-26-27-22(29)14-30-13-18-6-4-5-7-21(18)25/h4-12H,13-14H2,1-3H3,(H,27,29)/b26-12-. The van der Waals surface area contributed by atoms with Crippen molar-refractivity contribution in [3.63, 3.8) is 0 Å². The summed E-state index contributed by atoms with van der Waals surface area (Å²) < 4.78 is 3.14. The summed E-state index contributed by atoms with van der Waals surface area (Å²) in [5.41, 5.74) is 9.02. The van der Waals surface area contributed by atoms with Gasteiger partial charge >= 0.3 is 0 Å². The number of hydrogen-bond donors (Lipinski definition) is 1. The Labute approximate surface area is 194 Å². The van der Waals surface area contributed by atoms with Gasteiger partial charge in [0, 0.05) is 37.9 Å². The number of carbonyl (C=O) groups is 1. The van der Waals surface area contributed by atoms with E-state index in [1.54, 1.807) is 6.21 Å². The Morgan fingerprint density at radius 1 is 1.13 bits per heavy atom. The molecule has 0 atom stereocenters. The normalized spacial score (nSPS) is 11.2. The smallest absolute Gasteiger partial charge is 0.250 e. The van der Waals surface area contributed by atoms with E-state index in [0.717, 1.165) is 37.7 Å². The van der Waals surface area contributed by atoms with Crippen molar-refractivity contribution in [2.45, 2.75) is 26.5 Å². The van der Waals surface area contributed by atoms with E-state index in [-0.39, 0.29) is 5.91 Å². The first kappa shape index (κ1) is 22.7. The molecule has 1 heterocycles. The molecule has 0 aliphatic heterocycles. The number of thioether (sulfide) groups is 1. The average molecular weight is 505 g/mol. The maximum Gasteiger partial charge on any atom is 0.250 e. The van der Waals surface area contributed by atoms with Gasteiger partial charge in [-0.25, -0.2) is 5.43 Å². The number of hydrazone groups is 1. The molecular formula is C23H23BrClN3OS. The minimum Gasteiger partial charge on any atom is -0.317 e. The van der Waals surface area contributed by atoms with Gasteiger partial charge in [-0.2, -0.15) is 5.10 Å². The van der Waals surface area contributed by atoms with Crippen LogP contribution >= 0.6 is 39.3 Å². The van der Waals surface area contributed by atoms with Gasteiger partial charge in [0.05, 0.1) is 12.0 Å². The second kappa shape index (κ2) is 10.3. The van der Waals surface area contributed by atoms with Gasteiger partial charge in [0.25, 0.3) is 0 Å². The van der Waals surface area contributed by atoms with Crippen LogP contribution in [0.4, 0.5) is 0 Å². The minimum absolute atomic E-state index is 0.147. The summed E-state index contributed by atoms with van der Waals surface area (Å²) in [5.74, 6) is 0.846. The van der Waals surface area contributed by atoms with Crippen molar-refractivity contribution in [3.05, 3.63) is 86.1 Å². The molecule has 0 radical (unpaired) electrons. The molecule has 0 saturated carbocycles. The highest BCUT2D eigenvalue weighted by atomic mass is 79.9. The second-order valence-electron chi connectivity index (χ2n) is 6.95. The molecule has 156 valence electrons. The first-order valence-corrected chi connectivity index (χ1v) is 11.8. The number of aryl methyl sites for hydroxylation is 1. The summed E-state index contributed by atoms with van der Waals surface area (Å²) in [6.07, 6.45) is 1.69. The molecule has 0 saturated heterocycles. The highest BCUT2D eigenvalue weighted by molar-refractivity contribution is 9.10. The fourth-order valence-electron chi connectivity index (χ4n) is 3.13. The van der Waals surface area contributed by atoms with E-state index in [4.69, 9.17) is 11.6 Å². The number of nitrogens with one attached hydrogen (secondary N) is 1. The molecule has 3 aromatic rings. The number of amides is 1. The first-order chi connectivity index (χ1) is 14.4. The monoisotopic (exact) mass is 503 g/mol. The number of carbonyl (C=O) groups excluding carboxylic acids is 1. The van der Waals surface area contributed by atoms with Crippen LogP contribution in [0.15, 0.2) is 58.1 Å². The Morgan fingerprint density at radius 2 is 1.83 bits per heavy atom. The molecule has 0 unspecified atom stereocenters. The number of hydrogen-bond acceptors (Lipinski definition) is 3. The van der Waals surface area contributed by atoms with E-state index in [1.807, 2.05) is 31.2 Å². The summed E-state index contributed by atoms with van der Waals surface area (Å²) in [4.78, 5) is 12.1. The van der Waals surface area contributed by atoms with Crippen LogP contribution in [0.5, 0.6) is 0 Å². The van der Waals surface area contributed by atoms with Crippen molar-refractivity contribution < 1.29 is 4.79 Å². The molecule has 30 heavy (non-hydrogen) atoms. The van der Waals surface area contributed by atoms with Crippen LogP contribution in [-0.2, 0) is 10.5 Å². The van der Waals surface area contributed by atoms with Crippen molar-refractivity contribution in [1.29, 1.82) is 0 Å². The van der Waals surface area contributed by atoms with Gasteiger partial charge < -0.3 is 4.57 Å². The molecule has 0 aliphatic rings. The molecule has 4 nitrogen and oxygen atoms in total. The van der Waals surface area contributed by atoms with Crippen LogP contribution < -0.4 is 5.43 Å².